The molecule has 16 nitrogen and oxygen atoms in total. The first kappa shape index (κ1) is 41.4. The van der Waals surface area contributed by atoms with Gasteiger partial charge in [0.05, 0.1) is 16.8 Å². The van der Waals surface area contributed by atoms with Crippen LogP contribution in [0.4, 0.5) is 17.1 Å². The van der Waals surface area contributed by atoms with Crippen molar-refractivity contribution in [2.75, 3.05) is 35.6 Å². The van der Waals surface area contributed by atoms with E-state index in [1.165, 1.54) is 0 Å². The van der Waals surface area contributed by atoms with Crippen molar-refractivity contribution in [3.05, 3.63) is 118 Å². The predicted molar refractivity (Wildman–Crippen MR) is 227 cm³/mol. The van der Waals surface area contributed by atoms with Gasteiger partial charge in [-0.15, -0.1) is 0 Å². The fourth-order valence-corrected chi connectivity index (χ4v) is 7.79. The fraction of sp³-hybridized carbons (Fsp3) is 0.304. The molecule has 8 rings (SSSR count). The number of rotatable bonds is 16. The molecule has 4 aromatic carbocycles. The molecule has 0 bridgehead atoms. The minimum absolute atomic E-state index is 0.0562. The molecular formula is C46H45N7O9. The molecule has 4 aliphatic rings. The molecule has 1 atom stereocenters. The summed E-state index contributed by atoms with van der Waals surface area (Å²) in [6, 6.07) is 22.8. The summed E-state index contributed by atoms with van der Waals surface area (Å²) in [6.45, 7) is 1.32. The first-order valence-corrected chi connectivity index (χ1v) is 20.8. The van der Waals surface area contributed by atoms with Crippen LogP contribution >= 0.6 is 0 Å². The van der Waals surface area contributed by atoms with Crippen molar-refractivity contribution < 1.29 is 43.1 Å². The van der Waals surface area contributed by atoms with Crippen molar-refractivity contribution in [2.24, 2.45) is 0 Å². The molecule has 318 valence electrons. The zero-order valence-corrected chi connectivity index (χ0v) is 33.8. The number of carbonyl (C=O) groups excluding carboxylic acids is 8. The van der Waals surface area contributed by atoms with Crippen molar-refractivity contribution in [1.29, 1.82) is 0 Å². The van der Waals surface area contributed by atoms with E-state index in [1.807, 2.05) is 17.0 Å². The van der Waals surface area contributed by atoms with Gasteiger partial charge in [-0.25, -0.2) is 0 Å². The summed E-state index contributed by atoms with van der Waals surface area (Å²) in [5.41, 5.74) is 4.30. The minimum atomic E-state index is -1.02. The Balaban J connectivity index is 0.738. The molecule has 1 saturated carbocycles. The highest BCUT2D eigenvalue weighted by atomic mass is 16.5. The van der Waals surface area contributed by atoms with Crippen molar-refractivity contribution >= 4 is 64.3 Å². The third-order valence-electron chi connectivity index (χ3n) is 11.3. The minimum Gasteiger partial charge on any atom is -0.482 e. The van der Waals surface area contributed by atoms with E-state index in [9.17, 15) is 38.4 Å². The van der Waals surface area contributed by atoms with E-state index in [2.05, 4.69) is 26.6 Å². The molecule has 0 aromatic heterocycles. The van der Waals surface area contributed by atoms with Crippen molar-refractivity contribution in [3.63, 3.8) is 0 Å². The number of benzene rings is 4. The molecule has 5 N–H and O–H groups in total. The molecule has 0 spiro atoms. The highest BCUT2D eigenvalue weighted by Gasteiger charge is 2.45. The number of amides is 8. The van der Waals surface area contributed by atoms with Gasteiger partial charge in [-0.3, -0.25) is 48.6 Å². The van der Waals surface area contributed by atoms with Crippen LogP contribution in [0.1, 0.15) is 109 Å². The van der Waals surface area contributed by atoms with Gasteiger partial charge < -0.3 is 30.9 Å². The number of imide groups is 2. The molecule has 1 unspecified atom stereocenters. The van der Waals surface area contributed by atoms with Crippen LogP contribution in [-0.2, 0) is 20.9 Å². The Kier molecular flexibility index (Phi) is 12.1. The molecule has 62 heavy (non-hydrogen) atoms. The second-order valence-electron chi connectivity index (χ2n) is 15.7. The molecule has 0 radical (unpaired) electrons. The topological polar surface area (TPSA) is 212 Å². The van der Waals surface area contributed by atoms with Crippen LogP contribution < -0.4 is 31.3 Å². The summed E-state index contributed by atoms with van der Waals surface area (Å²) in [6.07, 6.45) is 5.24. The quantitative estimate of drug-likeness (QED) is 0.0763. The summed E-state index contributed by atoms with van der Waals surface area (Å²) in [5, 5.41) is 14.0. The SMILES string of the molecule is O=C1CCC(N2C(=O)c3cccc(NCCCCCCNC(=O)c4ccc(NC(=O)c5ccc(CN(C(=O)c6ccc7c(c6)OCC(=O)N7)C6CC6)cc5)cc4)c3C2=O)C(=O)N1. The lowest BCUT2D eigenvalue weighted by molar-refractivity contribution is -0.136. The standard InChI is InChI=1S/C46H45N7O9/c54-38-21-20-36(43(58)51-38)53-45(60)33-6-5-7-35(40(33)46(53)61)47-22-3-1-2-4-23-48-41(56)28-12-15-31(16-13-28)49-42(57)29-10-8-27(9-11-29)25-52(32-17-18-32)44(59)30-14-19-34-37(24-30)62-26-39(55)50-34/h5-16,19,24,32,36,47H,1-4,17-18,20-23,25-26H2,(H,48,56)(H,49,57)(H,50,55)(H,51,54,58). The van der Waals surface area contributed by atoms with E-state index in [0.29, 0.717) is 59.1 Å². The number of piperidine rings is 1. The lowest BCUT2D eigenvalue weighted by Crippen LogP contribution is -2.54. The largest absolute Gasteiger partial charge is 0.482 e. The summed E-state index contributed by atoms with van der Waals surface area (Å²) < 4.78 is 5.50. The third kappa shape index (κ3) is 9.18. The lowest BCUT2D eigenvalue weighted by atomic mass is 10.0. The van der Waals surface area contributed by atoms with E-state index in [0.717, 1.165) is 49.0 Å². The first-order valence-electron chi connectivity index (χ1n) is 20.8. The number of carbonyl (C=O) groups is 8. The molecule has 1 saturated heterocycles. The monoisotopic (exact) mass is 839 g/mol. The third-order valence-corrected chi connectivity index (χ3v) is 11.3. The van der Waals surface area contributed by atoms with E-state index in [-0.39, 0.29) is 60.2 Å². The van der Waals surface area contributed by atoms with E-state index in [1.54, 1.807) is 72.8 Å². The van der Waals surface area contributed by atoms with Crippen molar-refractivity contribution in [1.82, 2.24) is 20.4 Å². The van der Waals surface area contributed by atoms with Crippen LogP contribution in [0.15, 0.2) is 84.9 Å². The number of hydrogen-bond donors (Lipinski definition) is 5. The number of fused-ring (bicyclic) bond motifs is 2. The second-order valence-corrected chi connectivity index (χ2v) is 15.7. The lowest BCUT2D eigenvalue weighted by Gasteiger charge is -2.27. The van der Waals surface area contributed by atoms with Gasteiger partial charge in [-0.1, -0.05) is 31.0 Å². The molecule has 16 heteroatoms. The summed E-state index contributed by atoms with van der Waals surface area (Å²) in [7, 11) is 0. The van der Waals surface area contributed by atoms with E-state index in [4.69, 9.17) is 4.74 Å². The van der Waals surface area contributed by atoms with Crippen LogP contribution in [0.25, 0.3) is 0 Å². The Labute approximate surface area is 356 Å². The molecular weight excluding hydrogens is 795 g/mol. The maximum atomic E-state index is 13.5. The van der Waals surface area contributed by atoms with Crippen LogP contribution in [-0.4, -0.2) is 88.8 Å². The van der Waals surface area contributed by atoms with Crippen LogP contribution in [0.2, 0.25) is 0 Å². The van der Waals surface area contributed by atoms with Gasteiger partial charge in [-0.05, 0) is 104 Å². The number of nitrogens with one attached hydrogen (secondary N) is 5. The number of ether oxygens (including phenoxy) is 1. The summed E-state index contributed by atoms with van der Waals surface area (Å²) in [5.74, 6) is -2.61. The number of hydrogen-bond acceptors (Lipinski definition) is 10. The van der Waals surface area contributed by atoms with Gasteiger partial charge in [0.25, 0.3) is 35.4 Å². The van der Waals surface area contributed by atoms with E-state index >= 15 is 0 Å². The number of unbranched alkanes of at least 4 members (excludes halogenated alkanes) is 3. The maximum Gasteiger partial charge on any atom is 0.264 e. The summed E-state index contributed by atoms with van der Waals surface area (Å²) in [4.78, 5) is 104. The maximum absolute atomic E-state index is 13.5. The zero-order chi connectivity index (χ0) is 43.3. The number of nitrogens with zero attached hydrogens (tertiary/aromatic N) is 2. The fourth-order valence-electron chi connectivity index (χ4n) is 7.79. The molecule has 3 heterocycles. The van der Waals surface area contributed by atoms with E-state index < -0.39 is 29.7 Å². The van der Waals surface area contributed by atoms with Crippen molar-refractivity contribution in [3.8, 4) is 5.75 Å². The Morgan fingerprint density at radius 3 is 2.18 bits per heavy atom. The molecule has 3 aliphatic heterocycles. The first-order chi connectivity index (χ1) is 30.0. The Morgan fingerprint density at radius 2 is 1.44 bits per heavy atom. The Morgan fingerprint density at radius 1 is 0.726 bits per heavy atom. The Bertz CT molecular complexity index is 2470. The molecule has 1 aliphatic carbocycles. The summed E-state index contributed by atoms with van der Waals surface area (Å²) >= 11 is 0. The smallest absolute Gasteiger partial charge is 0.264 e. The average Bonchev–Trinajstić information content (AvgIpc) is 4.09. The van der Waals surface area contributed by atoms with Gasteiger partial charge in [0.1, 0.15) is 11.8 Å². The molecule has 4 aromatic rings. The van der Waals surface area contributed by atoms with Gasteiger partial charge in [-0.2, -0.15) is 0 Å². The van der Waals surface area contributed by atoms with Crippen molar-refractivity contribution in [2.45, 2.75) is 70.0 Å². The Hall–Kier alpha value is -7.36. The average molecular weight is 840 g/mol. The van der Waals surface area contributed by atoms with Gasteiger partial charge in [0.15, 0.2) is 6.61 Å². The second kappa shape index (κ2) is 18.1. The van der Waals surface area contributed by atoms with Gasteiger partial charge in [0.2, 0.25) is 11.8 Å². The van der Waals surface area contributed by atoms with Gasteiger partial charge >= 0.3 is 0 Å². The normalized spacial score (nSPS) is 16.7. The van der Waals surface area contributed by atoms with Crippen LogP contribution in [0.3, 0.4) is 0 Å². The highest BCUT2D eigenvalue weighted by molar-refractivity contribution is 6.25. The predicted octanol–water partition coefficient (Wildman–Crippen LogP) is 4.88. The highest BCUT2D eigenvalue weighted by Crippen LogP contribution is 2.34. The zero-order valence-electron chi connectivity index (χ0n) is 33.8. The van der Waals surface area contributed by atoms with Crippen LogP contribution in [0.5, 0.6) is 5.75 Å². The molecule has 2 fully saturated rings. The van der Waals surface area contributed by atoms with Gasteiger partial charge in [0, 0.05) is 60.2 Å². The molecule has 8 amide bonds. The number of anilines is 3. The van der Waals surface area contributed by atoms with Crippen LogP contribution in [0, 0.1) is 0 Å².